The van der Waals surface area contributed by atoms with Gasteiger partial charge in [-0.15, -0.1) is 16.4 Å². The Morgan fingerprint density at radius 3 is 2.78 bits per heavy atom. The molecule has 0 aliphatic heterocycles. The van der Waals surface area contributed by atoms with Crippen molar-refractivity contribution in [2.45, 2.75) is 30.6 Å². The molecule has 0 aliphatic rings. The highest BCUT2D eigenvalue weighted by Gasteiger charge is 2.25. The highest BCUT2D eigenvalue weighted by atomic mass is 32.2. The zero-order valence-corrected chi connectivity index (χ0v) is 19.1. The Morgan fingerprint density at radius 2 is 1.97 bits per heavy atom. The number of rotatable bonds is 7. The van der Waals surface area contributed by atoms with Gasteiger partial charge in [-0.05, 0) is 55.0 Å². The van der Waals surface area contributed by atoms with Crippen LogP contribution in [0.2, 0.25) is 0 Å². The van der Waals surface area contributed by atoms with Gasteiger partial charge in [0, 0.05) is 29.0 Å². The predicted molar refractivity (Wildman–Crippen MR) is 125 cm³/mol. The van der Waals surface area contributed by atoms with Gasteiger partial charge in [0.1, 0.15) is 9.96 Å². The lowest BCUT2D eigenvalue weighted by Crippen LogP contribution is -2.28. The summed E-state index contributed by atoms with van der Waals surface area (Å²) in [5.41, 5.74) is 0.953. The number of fused-ring (bicyclic) bond motifs is 2. The fourth-order valence-corrected chi connectivity index (χ4v) is 6.24. The van der Waals surface area contributed by atoms with Crippen LogP contribution in [0.3, 0.4) is 0 Å². The number of ether oxygens (including phenoxy) is 1. The maximum absolute atomic E-state index is 13.0. The highest BCUT2D eigenvalue weighted by Crippen LogP contribution is 2.30. The fourth-order valence-electron chi connectivity index (χ4n) is 3.62. The summed E-state index contributed by atoms with van der Waals surface area (Å²) in [6.45, 7) is 4.20. The Kier molecular flexibility index (Phi) is 5.20. The van der Waals surface area contributed by atoms with Crippen molar-refractivity contribution >= 4 is 42.3 Å². The second-order valence-corrected chi connectivity index (χ2v) is 10.4. The quantitative estimate of drug-likeness (QED) is 0.357. The van der Waals surface area contributed by atoms with E-state index in [1.807, 2.05) is 61.7 Å². The first-order valence-electron chi connectivity index (χ1n) is 10.1. The maximum atomic E-state index is 13.0. The van der Waals surface area contributed by atoms with Crippen LogP contribution in [0.25, 0.3) is 21.0 Å². The van der Waals surface area contributed by atoms with Gasteiger partial charge in [0.05, 0.1) is 6.04 Å². The van der Waals surface area contributed by atoms with Crippen LogP contribution >= 0.6 is 11.3 Å². The number of H-pyrrole nitrogens is 1. The number of aromatic nitrogens is 4. The topological polar surface area (TPSA) is 102 Å². The Labute approximate surface area is 188 Å². The Hall–Kier alpha value is -3.21. The van der Waals surface area contributed by atoms with E-state index in [9.17, 15) is 8.42 Å². The minimum Gasteiger partial charge on any atom is -0.424 e. The molecule has 0 amide bonds. The van der Waals surface area contributed by atoms with Gasteiger partial charge in [-0.2, -0.15) is 4.72 Å². The van der Waals surface area contributed by atoms with E-state index in [1.165, 1.54) is 11.3 Å². The summed E-state index contributed by atoms with van der Waals surface area (Å²) >= 11 is 1.24. The van der Waals surface area contributed by atoms with Gasteiger partial charge >= 0.3 is 6.01 Å². The second-order valence-electron chi connectivity index (χ2n) is 7.36. The van der Waals surface area contributed by atoms with Gasteiger partial charge < -0.3 is 9.72 Å². The first kappa shape index (κ1) is 20.7. The third-order valence-corrected chi connectivity index (χ3v) is 8.31. The van der Waals surface area contributed by atoms with E-state index >= 15 is 0 Å². The first-order valence-corrected chi connectivity index (χ1v) is 12.4. The van der Waals surface area contributed by atoms with Gasteiger partial charge in [-0.3, -0.25) is 4.57 Å². The predicted octanol–water partition coefficient (Wildman–Crippen LogP) is 4.83. The SMILES string of the molecule is CCn1c(Oc2ccc3cc[nH]c3c2)nnc1[C@@H](C)NS(=O)(=O)c1cc2ccccc2s1. The molecule has 164 valence electrons. The summed E-state index contributed by atoms with van der Waals surface area (Å²) in [6, 6.07) is 16.7. The third-order valence-electron chi connectivity index (χ3n) is 5.18. The molecule has 32 heavy (non-hydrogen) atoms. The van der Waals surface area contributed by atoms with Crippen LogP contribution in [0.15, 0.2) is 65.0 Å². The Morgan fingerprint density at radius 1 is 1.12 bits per heavy atom. The molecule has 0 fully saturated rings. The Balaban J connectivity index is 1.39. The number of thiophene rings is 1. The number of aromatic amines is 1. The standard InChI is InChI=1S/C22H21N5O3S2/c1-3-27-21(24-25-22(27)30-17-9-8-15-10-11-23-18(15)13-17)14(2)26-32(28,29)20-12-16-6-4-5-7-19(16)31-20/h4-14,23,26H,3H2,1-2H3/t14-/m1/s1. The molecule has 2 aromatic carbocycles. The van der Waals surface area contributed by atoms with Gasteiger partial charge in [0.2, 0.25) is 0 Å². The summed E-state index contributed by atoms with van der Waals surface area (Å²) < 4.78 is 37.6. The molecule has 0 aliphatic carbocycles. The van der Waals surface area contributed by atoms with Crippen LogP contribution in [0.5, 0.6) is 11.8 Å². The molecule has 10 heteroatoms. The molecule has 8 nitrogen and oxygen atoms in total. The van der Waals surface area contributed by atoms with Crippen LogP contribution in [0.1, 0.15) is 25.7 Å². The minimum atomic E-state index is -3.72. The minimum absolute atomic E-state index is 0.267. The van der Waals surface area contributed by atoms with Gasteiger partial charge in [0.25, 0.3) is 10.0 Å². The molecule has 0 saturated heterocycles. The second kappa shape index (κ2) is 8.05. The molecule has 0 bridgehead atoms. The lowest BCUT2D eigenvalue weighted by atomic mass is 10.2. The van der Waals surface area contributed by atoms with E-state index in [0.29, 0.717) is 24.1 Å². The molecule has 3 heterocycles. The fraction of sp³-hybridized carbons (Fsp3) is 0.182. The summed E-state index contributed by atoms with van der Waals surface area (Å²) in [7, 11) is -3.72. The van der Waals surface area contributed by atoms with E-state index < -0.39 is 16.1 Å². The largest absolute Gasteiger partial charge is 0.424 e. The number of hydrogen-bond acceptors (Lipinski definition) is 6. The number of benzene rings is 2. The molecular formula is C22H21N5O3S2. The molecule has 0 radical (unpaired) electrons. The summed E-state index contributed by atoms with van der Waals surface area (Å²) in [5.74, 6) is 1.10. The van der Waals surface area contributed by atoms with Crippen molar-refractivity contribution in [3.8, 4) is 11.8 Å². The molecular weight excluding hydrogens is 446 g/mol. The average Bonchev–Trinajstić information content (AvgIpc) is 3.50. The number of nitrogens with one attached hydrogen (secondary N) is 2. The van der Waals surface area contributed by atoms with Crippen molar-refractivity contribution < 1.29 is 13.2 Å². The smallest absolute Gasteiger partial charge is 0.322 e. The lowest BCUT2D eigenvalue weighted by Gasteiger charge is -2.14. The van der Waals surface area contributed by atoms with E-state index in [1.54, 1.807) is 17.6 Å². The monoisotopic (exact) mass is 467 g/mol. The summed E-state index contributed by atoms with van der Waals surface area (Å²) in [4.78, 5) is 3.15. The van der Waals surface area contributed by atoms with Crippen molar-refractivity contribution in [1.29, 1.82) is 0 Å². The van der Waals surface area contributed by atoms with Crippen LogP contribution in [0.4, 0.5) is 0 Å². The van der Waals surface area contributed by atoms with E-state index in [4.69, 9.17) is 4.74 Å². The Bertz CT molecular complexity index is 1480. The van der Waals surface area contributed by atoms with E-state index in [0.717, 1.165) is 21.0 Å². The van der Waals surface area contributed by atoms with Crippen molar-refractivity contribution in [3.05, 3.63) is 66.6 Å². The lowest BCUT2D eigenvalue weighted by molar-refractivity contribution is 0.408. The van der Waals surface area contributed by atoms with Crippen molar-refractivity contribution in [2.75, 3.05) is 0 Å². The zero-order chi connectivity index (χ0) is 22.3. The molecule has 3 aromatic heterocycles. The van der Waals surface area contributed by atoms with E-state index in [2.05, 4.69) is 19.9 Å². The molecule has 1 atom stereocenters. The van der Waals surface area contributed by atoms with Crippen molar-refractivity contribution in [1.82, 2.24) is 24.5 Å². The normalized spacial score (nSPS) is 13.1. The van der Waals surface area contributed by atoms with Gasteiger partial charge in [0.15, 0.2) is 5.82 Å². The molecule has 0 spiro atoms. The average molecular weight is 468 g/mol. The number of hydrogen-bond donors (Lipinski definition) is 2. The molecule has 5 aromatic rings. The number of nitrogens with zero attached hydrogens (tertiary/aromatic N) is 3. The zero-order valence-electron chi connectivity index (χ0n) is 17.4. The molecule has 5 rings (SSSR count). The van der Waals surface area contributed by atoms with Gasteiger partial charge in [-0.1, -0.05) is 23.3 Å². The molecule has 0 unspecified atom stereocenters. The first-order chi connectivity index (χ1) is 15.4. The van der Waals surface area contributed by atoms with Crippen molar-refractivity contribution in [2.24, 2.45) is 0 Å². The summed E-state index contributed by atoms with van der Waals surface area (Å²) in [5, 5.41) is 10.4. The van der Waals surface area contributed by atoms with Crippen LogP contribution in [-0.4, -0.2) is 28.2 Å². The van der Waals surface area contributed by atoms with Crippen LogP contribution in [0, 0.1) is 0 Å². The van der Waals surface area contributed by atoms with Gasteiger partial charge in [-0.25, -0.2) is 8.42 Å². The molecule has 2 N–H and O–H groups in total. The highest BCUT2D eigenvalue weighted by molar-refractivity contribution is 7.91. The molecule has 0 saturated carbocycles. The van der Waals surface area contributed by atoms with E-state index in [-0.39, 0.29) is 4.21 Å². The third kappa shape index (κ3) is 3.77. The summed E-state index contributed by atoms with van der Waals surface area (Å²) in [6.07, 6.45) is 1.87. The number of sulfonamides is 1. The maximum Gasteiger partial charge on any atom is 0.322 e. The van der Waals surface area contributed by atoms with Crippen LogP contribution in [-0.2, 0) is 16.6 Å². The van der Waals surface area contributed by atoms with Crippen LogP contribution < -0.4 is 9.46 Å². The van der Waals surface area contributed by atoms with Crippen molar-refractivity contribution in [3.63, 3.8) is 0 Å².